The Hall–Kier alpha value is -0.990. The van der Waals surface area contributed by atoms with Gasteiger partial charge in [-0.05, 0) is 24.1 Å². The van der Waals surface area contributed by atoms with Crippen molar-refractivity contribution < 1.29 is 22.7 Å². The molecule has 0 unspecified atom stereocenters. The molecule has 0 aromatic heterocycles. The van der Waals surface area contributed by atoms with E-state index >= 15 is 0 Å². The van der Waals surface area contributed by atoms with Gasteiger partial charge in [0.15, 0.2) is 0 Å². The van der Waals surface area contributed by atoms with E-state index < -0.39 is 32.6 Å². The first-order valence-corrected chi connectivity index (χ1v) is 8.15. The quantitative estimate of drug-likeness (QED) is 0.887. The number of carbonyl (C=O) groups is 1. The number of sulfonamides is 1. The van der Waals surface area contributed by atoms with Crippen LogP contribution in [-0.2, 0) is 14.8 Å². The van der Waals surface area contributed by atoms with Crippen molar-refractivity contribution in [2.45, 2.75) is 11.8 Å². The number of benzene rings is 1. The maximum Gasteiger partial charge on any atom is 0.308 e. The van der Waals surface area contributed by atoms with Crippen LogP contribution in [-0.4, -0.2) is 36.9 Å². The van der Waals surface area contributed by atoms with Crippen LogP contribution in [0.4, 0.5) is 4.39 Å². The van der Waals surface area contributed by atoms with Crippen molar-refractivity contribution in [1.82, 2.24) is 4.31 Å². The first-order chi connectivity index (χ1) is 9.23. The van der Waals surface area contributed by atoms with Crippen molar-refractivity contribution >= 4 is 31.9 Å². The zero-order valence-corrected chi connectivity index (χ0v) is 13.0. The number of nitrogens with zero attached hydrogens (tertiary/aromatic N) is 1. The lowest BCUT2D eigenvalue weighted by atomic mass is 9.99. The van der Waals surface area contributed by atoms with E-state index in [1.807, 2.05) is 0 Å². The van der Waals surface area contributed by atoms with Crippen LogP contribution in [0.2, 0.25) is 0 Å². The monoisotopic (exact) mass is 365 g/mol. The Morgan fingerprint density at radius 2 is 2.10 bits per heavy atom. The van der Waals surface area contributed by atoms with Gasteiger partial charge >= 0.3 is 5.97 Å². The van der Waals surface area contributed by atoms with Crippen molar-refractivity contribution in [3.8, 4) is 0 Å². The number of hydrogen-bond donors (Lipinski definition) is 1. The number of halogens is 2. The second-order valence-electron chi connectivity index (χ2n) is 4.82. The molecule has 1 heterocycles. The van der Waals surface area contributed by atoms with Gasteiger partial charge in [0.1, 0.15) is 10.7 Å². The average Bonchev–Trinajstić information content (AvgIpc) is 2.71. The molecule has 1 aliphatic heterocycles. The molecule has 0 saturated carbocycles. The third-order valence-electron chi connectivity index (χ3n) is 3.41. The molecule has 0 aliphatic carbocycles. The van der Waals surface area contributed by atoms with Crippen LogP contribution < -0.4 is 0 Å². The lowest BCUT2D eigenvalue weighted by Crippen LogP contribution is -2.30. The Bertz CT molecular complexity index is 649. The summed E-state index contributed by atoms with van der Waals surface area (Å²) in [7, 11) is -4.01. The summed E-state index contributed by atoms with van der Waals surface area (Å²) in [4.78, 5) is 10.6. The van der Waals surface area contributed by atoms with E-state index in [1.165, 1.54) is 12.1 Å². The molecule has 0 amide bonds. The lowest BCUT2D eigenvalue weighted by Gasteiger charge is -2.16. The van der Waals surface area contributed by atoms with E-state index in [0.717, 1.165) is 10.4 Å². The van der Waals surface area contributed by atoms with Gasteiger partial charge in [-0.15, -0.1) is 0 Å². The molecule has 0 bridgehead atoms. The molecule has 1 aromatic carbocycles. The number of aliphatic carboxylic acids is 1. The Morgan fingerprint density at radius 1 is 1.45 bits per heavy atom. The van der Waals surface area contributed by atoms with Gasteiger partial charge in [-0.2, -0.15) is 4.31 Å². The van der Waals surface area contributed by atoms with Gasteiger partial charge in [0, 0.05) is 17.6 Å². The smallest absolute Gasteiger partial charge is 0.308 e. The van der Waals surface area contributed by atoms with E-state index in [-0.39, 0.29) is 19.0 Å². The summed E-state index contributed by atoms with van der Waals surface area (Å²) in [5.74, 6) is -2.96. The van der Waals surface area contributed by atoms with E-state index in [1.54, 1.807) is 6.92 Å². The van der Waals surface area contributed by atoms with Crippen molar-refractivity contribution in [3.63, 3.8) is 0 Å². The largest absolute Gasteiger partial charge is 0.481 e. The van der Waals surface area contributed by atoms with Gasteiger partial charge in [-0.3, -0.25) is 4.79 Å². The molecule has 1 fully saturated rings. The third-order valence-corrected chi connectivity index (χ3v) is 5.77. The third kappa shape index (κ3) is 2.72. The van der Waals surface area contributed by atoms with Crippen LogP contribution in [0.25, 0.3) is 0 Å². The first kappa shape index (κ1) is 15.4. The van der Waals surface area contributed by atoms with E-state index in [2.05, 4.69) is 15.9 Å². The molecule has 5 nitrogen and oxygen atoms in total. The second-order valence-corrected chi connectivity index (χ2v) is 7.64. The van der Waals surface area contributed by atoms with Crippen LogP contribution in [0.5, 0.6) is 0 Å². The number of carboxylic acid groups (broad SMARTS) is 1. The van der Waals surface area contributed by atoms with Crippen LogP contribution in [0.1, 0.15) is 6.92 Å². The van der Waals surface area contributed by atoms with Crippen LogP contribution in [0.15, 0.2) is 27.6 Å². The zero-order chi connectivity index (χ0) is 15.1. The van der Waals surface area contributed by atoms with E-state index in [0.29, 0.717) is 4.47 Å². The standard InChI is InChI=1S/C12H13BrFNO4S/c1-7-5-15(6-9(7)12(16)17)20(18,19)11-3-2-8(13)4-10(11)14/h2-4,7,9H,5-6H2,1H3,(H,16,17)/t7-,9-/m1/s1. The van der Waals surface area contributed by atoms with Gasteiger partial charge in [-0.1, -0.05) is 22.9 Å². The molecule has 0 spiro atoms. The van der Waals surface area contributed by atoms with Crippen molar-refractivity contribution in [3.05, 3.63) is 28.5 Å². The summed E-state index contributed by atoms with van der Waals surface area (Å²) in [5, 5.41) is 9.03. The van der Waals surface area contributed by atoms with Crippen molar-refractivity contribution in [2.75, 3.05) is 13.1 Å². The van der Waals surface area contributed by atoms with Crippen molar-refractivity contribution in [2.24, 2.45) is 11.8 Å². The SMILES string of the molecule is C[C@@H]1CN(S(=O)(=O)c2ccc(Br)cc2F)C[C@H]1C(=O)O. The van der Waals surface area contributed by atoms with Crippen LogP contribution >= 0.6 is 15.9 Å². The number of hydrogen-bond acceptors (Lipinski definition) is 3. The maximum atomic E-state index is 13.8. The maximum absolute atomic E-state index is 13.8. The second kappa shape index (κ2) is 5.42. The predicted molar refractivity (Wildman–Crippen MR) is 73.1 cm³/mol. The van der Waals surface area contributed by atoms with Gasteiger partial charge < -0.3 is 5.11 Å². The predicted octanol–water partition coefficient (Wildman–Crippen LogP) is 1.93. The Morgan fingerprint density at radius 3 is 2.60 bits per heavy atom. The molecule has 1 N–H and O–H groups in total. The molecular formula is C12H13BrFNO4S. The molecule has 1 aromatic rings. The van der Waals surface area contributed by atoms with Gasteiger partial charge in [0.05, 0.1) is 5.92 Å². The van der Waals surface area contributed by atoms with Gasteiger partial charge in [0.25, 0.3) is 0 Å². The minimum absolute atomic E-state index is 0.0782. The molecule has 110 valence electrons. The summed E-state index contributed by atoms with van der Waals surface area (Å²) in [6.45, 7) is 1.62. The summed E-state index contributed by atoms with van der Waals surface area (Å²) in [5.41, 5.74) is 0. The summed E-state index contributed by atoms with van der Waals surface area (Å²) in [6, 6.07) is 3.68. The molecule has 1 aliphatic rings. The van der Waals surface area contributed by atoms with E-state index in [9.17, 15) is 17.6 Å². The summed E-state index contributed by atoms with van der Waals surface area (Å²) >= 11 is 3.06. The Balaban J connectivity index is 2.35. The molecule has 2 atom stereocenters. The van der Waals surface area contributed by atoms with Gasteiger partial charge in [-0.25, -0.2) is 12.8 Å². The fourth-order valence-corrected chi connectivity index (χ4v) is 4.21. The topological polar surface area (TPSA) is 74.7 Å². The minimum atomic E-state index is -4.01. The van der Waals surface area contributed by atoms with Gasteiger partial charge in [0.2, 0.25) is 10.0 Å². The Kier molecular flexibility index (Phi) is 4.17. The summed E-state index contributed by atoms with van der Waals surface area (Å²) in [6.07, 6.45) is 0. The van der Waals surface area contributed by atoms with Crippen LogP contribution in [0, 0.1) is 17.7 Å². The molecule has 1 saturated heterocycles. The van der Waals surface area contributed by atoms with Crippen LogP contribution in [0.3, 0.4) is 0 Å². The first-order valence-electron chi connectivity index (χ1n) is 5.91. The number of carboxylic acids is 1. The summed E-state index contributed by atoms with van der Waals surface area (Å²) < 4.78 is 40.0. The molecule has 2 rings (SSSR count). The van der Waals surface area contributed by atoms with Crippen molar-refractivity contribution in [1.29, 1.82) is 0 Å². The average molecular weight is 366 g/mol. The highest BCUT2D eigenvalue weighted by Gasteiger charge is 2.41. The number of rotatable bonds is 3. The zero-order valence-electron chi connectivity index (χ0n) is 10.6. The molecule has 8 heteroatoms. The fourth-order valence-electron chi connectivity index (χ4n) is 2.26. The lowest BCUT2D eigenvalue weighted by molar-refractivity contribution is -0.142. The molecule has 0 radical (unpaired) electrons. The highest BCUT2D eigenvalue weighted by molar-refractivity contribution is 9.10. The normalized spacial score (nSPS) is 23.9. The molecule has 20 heavy (non-hydrogen) atoms. The minimum Gasteiger partial charge on any atom is -0.481 e. The fraction of sp³-hybridized carbons (Fsp3) is 0.417. The highest BCUT2D eigenvalue weighted by Crippen LogP contribution is 2.30. The highest BCUT2D eigenvalue weighted by atomic mass is 79.9. The Labute approximate surface area is 124 Å². The molecular weight excluding hydrogens is 353 g/mol. The van der Waals surface area contributed by atoms with E-state index in [4.69, 9.17) is 5.11 Å².